The molecule has 1 aromatic rings. The van der Waals surface area contributed by atoms with Gasteiger partial charge >= 0.3 is 0 Å². The molecule has 1 saturated carbocycles. The predicted molar refractivity (Wildman–Crippen MR) is 90.3 cm³/mol. The van der Waals surface area contributed by atoms with Gasteiger partial charge in [-0.15, -0.1) is 0 Å². The fourth-order valence-electron chi connectivity index (χ4n) is 3.74. The van der Waals surface area contributed by atoms with Gasteiger partial charge in [0.05, 0.1) is 0 Å². The normalized spacial score (nSPS) is 28.6. The van der Waals surface area contributed by atoms with Crippen molar-refractivity contribution in [2.45, 2.75) is 56.9 Å². The topological polar surface area (TPSA) is 105 Å². The van der Waals surface area contributed by atoms with Crippen LogP contribution in [0.4, 0.5) is 0 Å². The molecule has 3 atom stereocenters. The molecule has 4 rings (SSSR count). The largest absolute Gasteiger partial charge is 0.326 e. The summed E-state index contributed by atoms with van der Waals surface area (Å²) in [6, 6.07) is 5.88. The first-order chi connectivity index (χ1) is 12.0. The summed E-state index contributed by atoms with van der Waals surface area (Å²) in [6.45, 7) is 1.10. The number of carbonyl (C=O) groups is 3. The van der Waals surface area contributed by atoms with E-state index in [4.69, 9.17) is 5.73 Å². The average Bonchev–Trinajstić information content (AvgIpc) is 2.90. The number of rotatable bonds is 4. The van der Waals surface area contributed by atoms with E-state index in [0.717, 1.165) is 24.0 Å². The first kappa shape index (κ1) is 16.2. The molecule has 2 fully saturated rings. The van der Waals surface area contributed by atoms with E-state index >= 15 is 0 Å². The van der Waals surface area contributed by atoms with E-state index in [9.17, 15) is 14.4 Å². The third-order valence-corrected chi connectivity index (χ3v) is 5.49. The number of hydrogen-bond donors (Lipinski definition) is 3. The van der Waals surface area contributed by atoms with E-state index in [1.807, 2.05) is 18.2 Å². The molecule has 0 radical (unpaired) electrons. The molecule has 2 heterocycles. The molecule has 132 valence electrons. The second-order valence-electron chi connectivity index (χ2n) is 7.12. The van der Waals surface area contributed by atoms with Crippen LogP contribution in [0.3, 0.4) is 0 Å². The molecule has 0 spiro atoms. The van der Waals surface area contributed by atoms with Gasteiger partial charge in [0.15, 0.2) is 0 Å². The maximum absolute atomic E-state index is 12.8. The Morgan fingerprint density at radius 3 is 2.72 bits per heavy atom. The Bertz CT molecular complexity index is 748. The second-order valence-corrected chi connectivity index (χ2v) is 7.12. The van der Waals surface area contributed by atoms with Crippen LogP contribution in [0.5, 0.6) is 0 Å². The lowest BCUT2D eigenvalue weighted by molar-refractivity contribution is -0.136. The molecule has 1 saturated heterocycles. The van der Waals surface area contributed by atoms with E-state index in [-0.39, 0.29) is 30.2 Å². The first-order valence-corrected chi connectivity index (χ1v) is 8.78. The van der Waals surface area contributed by atoms with Crippen LogP contribution < -0.4 is 16.4 Å². The molecule has 3 amide bonds. The molecule has 0 aromatic heterocycles. The Labute approximate surface area is 145 Å². The maximum Gasteiger partial charge on any atom is 0.255 e. The predicted octanol–water partition coefficient (Wildman–Crippen LogP) is 0.0269. The summed E-state index contributed by atoms with van der Waals surface area (Å²) in [4.78, 5) is 37.7. The number of piperidine rings is 1. The third kappa shape index (κ3) is 2.94. The van der Waals surface area contributed by atoms with Crippen molar-refractivity contribution in [2.24, 2.45) is 5.73 Å². The highest BCUT2D eigenvalue weighted by molar-refractivity contribution is 6.05. The van der Waals surface area contributed by atoms with Gasteiger partial charge < -0.3 is 16.0 Å². The fourth-order valence-corrected chi connectivity index (χ4v) is 3.74. The van der Waals surface area contributed by atoms with Crippen LogP contribution in [-0.4, -0.2) is 40.7 Å². The van der Waals surface area contributed by atoms with Crippen LogP contribution >= 0.6 is 0 Å². The molecule has 1 aromatic carbocycles. The Balaban J connectivity index is 1.46. The summed E-state index contributed by atoms with van der Waals surface area (Å²) in [5.74, 6) is -0.780. The Morgan fingerprint density at radius 1 is 1.20 bits per heavy atom. The average molecular weight is 342 g/mol. The zero-order chi connectivity index (χ0) is 17.6. The monoisotopic (exact) mass is 342 g/mol. The summed E-state index contributed by atoms with van der Waals surface area (Å²) in [5.41, 5.74) is 8.56. The number of benzene rings is 1. The van der Waals surface area contributed by atoms with Gasteiger partial charge in [0.2, 0.25) is 11.8 Å². The fraction of sp³-hybridized carbons (Fsp3) is 0.500. The Hall–Kier alpha value is -2.25. The minimum atomic E-state index is -0.563. The Morgan fingerprint density at radius 2 is 2.04 bits per heavy atom. The van der Waals surface area contributed by atoms with Gasteiger partial charge in [0.25, 0.3) is 5.91 Å². The zero-order valence-electron chi connectivity index (χ0n) is 14.0. The van der Waals surface area contributed by atoms with E-state index in [0.29, 0.717) is 31.1 Å². The lowest BCUT2D eigenvalue weighted by Gasteiger charge is -2.34. The summed E-state index contributed by atoms with van der Waals surface area (Å²) < 4.78 is 0. The molecular formula is C18H22N4O3. The van der Waals surface area contributed by atoms with Crippen molar-refractivity contribution in [3.63, 3.8) is 0 Å². The molecule has 2 aliphatic heterocycles. The quantitative estimate of drug-likeness (QED) is 0.670. The van der Waals surface area contributed by atoms with Gasteiger partial charge in [-0.05, 0) is 36.5 Å². The van der Waals surface area contributed by atoms with Gasteiger partial charge in [0, 0.05) is 37.2 Å². The lowest BCUT2D eigenvalue weighted by atomic mass is 9.87. The first-order valence-electron chi connectivity index (χ1n) is 8.78. The number of nitrogens with zero attached hydrogens (tertiary/aromatic N) is 1. The zero-order valence-corrected chi connectivity index (χ0v) is 14.0. The minimum Gasteiger partial charge on any atom is -0.326 e. The van der Waals surface area contributed by atoms with Crippen LogP contribution in [0.25, 0.3) is 0 Å². The smallest absolute Gasteiger partial charge is 0.255 e. The van der Waals surface area contributed by atoms with Gasteiger partial charge in [-0.25, -0.2) is 0 Å². The number of nitrogens with one attached hydrogen (secondary N) is 2. The molecule has 1 unspecified atom stereocenters. The number of nitrogens with two attached hydrogens (primary N) is 1. The molecule has 4 N–H and O–H groups in total. The Kier molecular flexibility index (Phi) is 4.05. The maximum atomic E-state index is 12.8. The number of imide groups is 1. The van der Waals surface area contributed by atoms with Crippen LogP contribution in [-0.2, 0) is 22.7 Å². The van der Waals surface area contributed by atoms with Crippen LogP contribution in [0.1, 0.15) is 47.2 Å². The summed E-state index contributed by atoms with van der Waals surface area (Å²) in [7, 11) is 0. The molecule has 3 aliphatic rings. The number of fused-ring (bicyclic) bond motifs is 1. The van der Waals surface area contributed by atoms with E-state index in [1.165, 1.54) is 0 Å². The summed E-state index contributed by atoms with van der Waals surface area (Å²) >= 11 is 0. The molecule has 25 heavy (non-hydrogen) atoms. The molecule has 1 aliphatic carbocycles. The molecule has 7 nitrogen and oxygen atoms in total. The highest BCUT2D eigenvalue weighted by atomic mass is 16.2. The third-order valence-electron chi connectivity index (χ3n) is 5.49. The van der Waals surface area contributed by atoms with Crippen molar-refractivity contribution >= 4 is 17.7 Å². The van der Waals surface area contributed by atoms with Gasteiger partial charge in [-0.3, -0.25) is 19.7 Å². The van der Waals surface area contributed by atoms with Crippen molar-refractivity contribution in [3.8, 4) is 0 Å². The van der Waals surface area contributed by atoms with Crippen LogP contribution in [0.2, 0.25) is 0 Å². The summed E-state index contributed by atoms with van der Waals surface area (Å²) in [5, 5.41) is 5.75. The van der Waals surface area contributed by atoms with Gasteiger partial charge in [-0.1, -0.05) is 12.1 Å². The van der Waals surface area contributed by atoms with Crippen molar-refractivity contribution in [3.05, 3.63) is 34.9 Å². The minimum absolute atomic E-state index is 0.133. The van der Waals surface area contributed by atoms with E-state index in [2.05, 4.69) is 10.6 Å². The molecule has 0 bridgehead atoms. The van der Waals surface area contributed by atoms with Gasteiger partial charge in [-0.2, -0.15) is 0 Å². The number of hydrogen-bond acceptors (Lipinski definition) is 5. The molecular weight excluding hydrogens is 320 g/mol. The highest BCUT2D eigenvalue weighted by Crippen LogP contribution is 2.28. The van der Waals surface area contributed by atoms with E-state index < -0.39 is 6.04 Å². The van der Waals surface area contributed by atoms with Crippen molar-refractivity contribution in [1.82, 2.24) is 15.5 Å². The van der Waals surface area contributed by atoms with Crippen LogP contribution in [0.15, 0.2) is 18.2 Å². The highest BCUT2D eigenvalue weighted by Gasteiger charge is 2.39. The lowest BCUT2D eigenvalue weighted by Crippen LogP contribution is -2.52. The van der Waals surface area contributed by atoms with Crippen molar-refractivity contribution < 1.29 is 14.4 Å². The second kappa shape index (κ2) is 6.24. The molecule has 7 heteroatoms. The van der Waals surface area contributed by atoms with Crippen LogP contribution in [0, 0.1) is 0 Å². The number of amides is 3. The van der Waals surface area contributed by atoms with Crippen molar-refractivity contribution in [1.29, 1.82) is 0 Å². The standard InChI is InChI=1S/C18H22N4O3/c19-13-3-4-14(13)20-8-10-1-2-11-9-22(18(25)12(11)7-10)15-5-6-16(23)21-17(15)24/h1-2,7,13-15,20H,3-6,8-9,19H2,(H,21,23,24)/t13-,14+,15?/m1/s1. The SMILES string of the molecule is N[C@@H]1CC[C@@H]1NCc1ccc2c(c1)C(=O)N(C1CCC(=O)NC1=O)C2. The summed E-state index contributed by atoms with van der Waals surface area (Å²) in [6.07, 6.45) is 2.81. The van der Waals surface area contributed by atoms with Gasteiger partial charge in [0.1, 0.15) is 6.04 Å². The number of carbonyl (C=O) groups excluding carboxylic acids is 3. The van der Waals surface area contributed by atoms with E-state index in [1.54, 1.807) is 4.90 Å². The van der Waals surface area contributed by atoms with Crippen molar-refractivity contribution in [2.75, 3.05) is 0 Å².